The van der Waals surface area contributed by atoms with Crippen LogP contribution in [0.4, 0.5) is 0 Å². The number of hydrogen-bond acceptors (Lipinski definition) is 0. The van der Waals surface area contributed by atoms with Gasteiger partial charge in [-0.3, -0.25) is 0 Å². The van der Waals surface area contributed by atoms with Gasteiger partial charge in [0.05, 0.1) is 0 Å². The molecule has 0 aliphatic heterocycles. The minimum Gasteiger partial charge on any atom is -0.0654 e. The zero-order valence-corrected chi connectivity index (χ0v) is 10.6. The van der Waals surface area contributed by atoms with Gasteiger partial charge in [-0.15, -0.1) is 0 Å². The summed E-state index contributed by atoms with van der Waals surface area (Å²) in [7, 11) is 0. The van der Waals surface area contributed by atoms with Crippen molar-refractivity contribution in [2.45, 2.75) is 85.0 Å². The number of rotatable bonds is 10. The lowest BCUT2D eigenvalue weighted by Gasteiger charge is -2.07. The lowest BCUT2D eigenvalue weighted by molar-refractivity contribution is 0.470. The molecule has 0 radical (unpaired) electrons. The summed E-state index contributed by atoms with van der Waals surface area (Å²) in [5.41, 5.74) is 0. The fourth-order valence-corrected chi connectivity index (χ4v) is 1.83. The van der Waals surface area contributed by atoms with Crippen LogP contribution in [0.2, 0.25) is 0 Å². The van der Waals surface area contributed by atoms with E-state index in [-0.39, 0.29) is 0 Å². The lowest BCUT2D eigenvalue weighted by atomic mass is 10.00. The van der Waals surface area contributed by atoms with Crippen molar-refractivity contribution in [3.8, 4) is 0 Å². The molecule has 0 unspecified atom stereocenters. The number of hydrogen-bond donors (Lipinski definition) is 0. The van der Waals surface area contributed by atoms with Gasteiger partial charge in [-0.05, 0) is 5.92 Å². The van der Waals surface area contributed by atoms with E-state index in [0.29, 0.717) is 0 Å². The summed E-state index contributed by atoms with van der Waals surface area (Å²) in [4.78, 5) is 0. The summed E-state index contributed by atoms with van der Waals surface area (Å²) in [5, 5.41) is 0. The molecule has 0 aromatic carbocycles. The molecule has 14 heavy (non-hydrogen) atoms. The Kier molecular flexibility index (Phi) is 11.1. The molecule has 0 saturated carbocycles. The molecule has 0 spiro atoms. The van der Waals surface area contributed by atoms with Gasteiger partial charge in [0.25, 0.3) is 0 Å². The van der Waals surface area contributed by atoms with E-state index in [4.69, 9.17) is 0 Å². The van der Waals surface area contributed by atoms with Crippen LogP contribution in [-0.2, 0) is 0 Å². The molecule has 0 nitrogen and oxygen atoms in total. The van der Waals surface area contributed by atoms with Crippen LogP contribution in [0.5, 0.6) is 0 Å². The highest BCUT2D eigenvalue weighted by atomic mass is 14.0. The Balaban J connectivity index is 2.92. The SMILES string of the molecule is CCCCCCCCCC[C@@H](C)CC. The molecular weight excluding hydrogens is 168 g/mol. The second-order valence-corrected chi connectivity index (χ2v) is 4.78. The predicted molar refractivity (Wildman–Crippen MR) is 66.7 cm³/mol. The van der Waals surface area contributed by atoms with E-state index in [9.17, 15) is 0 Å². The third kappa shape index (κ3) is 10.1. The first-order valence-corrected chi connectivity index (χ1v) is 6.81. The Morgan fingerprint density at radius 3 is 1.71 bits per heavy atom. The maximum Gasteiger partial charge on any atom is -0.0445 e. The van der Waals surface area contributed by atoms with Gasteiger partial charge in [-0.1, -0.05) is 85.0 Å². The second-order valence-electron chi connectivity index (χ2n) is 4.78. The van der Waals surface area contributed by atoms with Crippen LogP contribution in [0.3, 0.4) is 0 Å². The van der Waals surface area contributed by atoms with Crippen molar-refractivity contribution in [3.63, 3.8) is 0 Å². The van der Waals surface area contributed by atoms with Gasteiger partial charge >= 0.3 is 0 Å². The van der Waals surface area contributed by atoms with Crippen molar-refractivity contribution in [2.24, 2.45) is 5.92 Å². The van der Waals surface area contributed by atoms with E-state index < -0.39 is 0 Å². The normalized spacial score (nSPS) is 13.1. The molecule has 0 aliphatic carbocycles. The maximum absolute atomic E-state index is 2.38. The zero-order valence-electron chi connectivity index (χ0n) is 10.6. The Bertz CT molecular complexity index is 96.2. The highest BCUT2D eigenvalue weighted by Gasteiger charge is 1.97. The molecule has 1 atom stereocenters. The van der Waals surface area contributed by atoms with Crippen LogP contribution < -0.4 is 0 Å². The maximum atomic E-state index is 2.38. The van der Waals surface area contributed by atoms with Crippen molar-refractivity contribution >= 4 is 0 Å². The van der Waals surface area contributed by atoms with Crippen LogP contribution in [0, 0.1) is 5.92 Å². The zero-order chi connectivity index (χ0) is 10.6. The summed E-state index contributed by atoms with van der Waals surface area (Å²) in [6.45, 7) is 6.96. The summed E-state index contributed by atoms with van der Waals surface area (Å²) in [6, 6.07) is 0. The smallest absolute Gasteiger partial charge is 0.0445 e. The van der Waals surface area contributed by atoms with Gasteiger partial charge in [0, 0.05) is 0 Å². The average molecular weight is 198 g/mol. The van der Waals surface area contributed by atoms with Gasteiger partial charge in [0.1, 0.15) is 0 Å². The molecule has 0 rings (SSSR count). The molecule has 0 saturated heterocycles. The fraction of sp³-hybridized carbons (Fsp3) is 1.00. The standard InChI is InChI=1S/C14H30/c1-4-6-7-8-9-10-11-12-13-14(3)5-2/h14H,4-13H2,1-3H3/t14-/m0/s1. The highest BCUT2D eigenvalue weighted by Crippen LogP contribution is 2.14. The van der Waals surface area contributed by atoms with Crippen LogP contribution in [-0.4, -0.2) is 0 Å². The Morgan fingerprint density at radius 2 is 1.21 bits per heavy atom. The van der Waals surface area contributed by atoms with E-state index in [1.165, 1.54) is 64.2 Å². The third-order valence-electron chi connectivity index (χ3n) is 3.25. The lowest BCUT2D eigenvalue weighted by Crippen LogP contribution is -1.91. The van der Waals surface area contributed by atoms with Gasteiger partial charge in [-0.25, -0.2) is 0 Å². The Labute approximate surface area is 91.5 Å². The quantitative estimate of drug-likeness (QED) is 0.403. The van der Waals surface area contributed by atoms with E-state index in [2.05, 4.69) is 20.8 Å². The summed E-state index contributed by atoms with van der Waals surface area (Å²) < 4.78 is 0. The van der Waals surface area contributed by atoms with Crippen LogP contribution in [0.1, 0.15) is 85.0 Å². The molecule has 0 aromatic rings. The Hall–Kier alpha value is 0. The largest absolute Gasteiger partial charge is 0.0654 e. The topological polar surface area (TPSA) is 0 Å². The molecule has 0 bridgehead atoms. The van der Waals surface area contributed by atoms with Crippen molar-refractivity contribution in [3.05, 3.63) is 0 Å². The molecular formula is C14H30. The van der Waals surface area contributed by atoms with Gasteiger partial charge in [0.15, 0.2) is 0 Å². The molecule has 0 aromatic heterocycles. The molecule has 0 aliphatic rings. The molecule has 0 amide bonds. The van der Waals surface area contributed by atoms with Gasteiger partial charge in [-0.2, -0.15) is 0 Å². The first-order valence-electron chi connectivity index (χ1n) is 6.81. The molecule has 0 heteroatoms. The Morgan fingerprint density at radius 1 is 0.714 bits per heavy atom. The van der Waals surface area contributed by atoms with Crippen LogP contribution in [0.15, 0.2) is 0 Å². The summed E-state index contributed by atoms with van der Waals surface area (Å²) >= 11 is 0. The molecule has 0 heterocycles. The van der Waals surface area contributed by atoms with E-state index in [1.807, 2.05) is 0 Å². The average Bonchev–Trinajstić information content (AvgIpc) is 2.21. The van der Waals surface area contributed by atoms with Gasteiger partial charge in [0.2, 0.25) is 0 Å². The number of unbranched alkanes of at least 4 members (excludes halogenated alkanes) is 7. The van der Waals surface area contributed by atoms with Crippen molar-refractivity contribution in [1.29, 1.82) is 0 Å². The first kappa shape index (κ1) is 14.0. The molecule has 86 valence electrons. The van der Waals surface area contributed by atoms with E-state index in [1.54, 1.807) is 0 Å². The van der Waals surface area contributed by atoms with E-state index in [0.717, 1.165) is 5.92 Å². The first-order chi connectivity index (χ1) is 6.81. The minimum absolute atomic E-state index is 0.954. The van der Waals surface area contributed by atoms with Crippen LogP contribution >= 0.6 is 0 Å². The molecule has 0 fully saturated rings. The van der Waals surface area contributed by atoms with Crippen molar-refractivity contribution in [2.75, 3.05) is 0 Å². The fourth-order valence-electron chi connectivity index (χ4n) is 1.83. The van der Waals surface area contributed by atoms with Crippen molar-refractivity contribution < 1.29 is 0 Å². The second kappa shape index (κ2) is 11.1. The summed E-state index contributed by atoms with van der Waals surface area (Å²) in [6.07, 6.45) is 14.4. The van der Waals surface area contributed by atoms with Gasteiger partial charge < -0.3 is 0 Å². The van der Waals surface area contributed by atoms with Crippen molar-refractivity contribution in [1.82, 2.24) is 0 Å². The molecule has 0 N–H and O–H groups in total. The predicted octanol–water partition coefficient (Wildman–Crippen LogP) is 5.56. The monoisotopic (exact) mass is 198 g/mol. The summed E-state index contributed by atoms with van der Waals surface area (Å²) in [5.74, 6) is 0.954. The minimum atomic E-state index is 0.954. The third-order valence-corrected chi connectivity index (χ3v) is 3.25. The van der Waals surface area contributed by atoms with Crippen LogP contribution in [0.25, 0.3) is 0 Å². The van der Waals surface area contributed by atoms with E-state index >= 15 is 0 Å². The highest BCUT2D eigenvalue weighted by molar-refractivity contribution is 4.51.